The molecule has 1 aromatic rings. The molecular formula is C17H23N3O5S. The number of aromatic nitrogens is 2. The van der Waals surface area contributed by atoms with Crippen molar-refractivity contribution in [3.8, 4) is 0 Å². The van der Waals surface area contributed by atoms with Gasteiger partial charge in [-0.2, -0.15) is 5.10 Å². The predicted octanol–water partition coefficient (Wildman–Crippen LogP) is 0.705. The van der Waals surface area contributed by atoms with Gasteiger partial charge in [0.05, 0.1) is 16.6 Å². The summed E-state index contributed by atoms with van der Waals surface area (Å²) in [7, 11) is -1.55. The maximum atomic E-state index is 13.0. The molecule has 9 heteroatoms. The molecule has 0 radical (unpaired) electrons. The Hall–Kier alpha value is -1.90. The van der Waals surface area contributed by atoms with Crippen LogP contribution >= 0.6 is 0 Å². The number of sulfone groups is 1. The minimum absolute atomic E-state index is 0.184. The van der Waals surface area contributed by atoms with Crippen LogP contribution in [0.3, 0.4) is 0 Å². The van der Waals surface area contributed by atoms with Gasteiger partial charge in [0.2, 0.25) is 0 Å². The van der Waals surface area contributed by atoms with Gasteiger partial charge >= 0.3 is 5.97 Å². The van der Waals surface area contributed by atoms with Crippen molar-refractivity contribution in [1.82, 2.24) is 14.7 Å². The zero-order valence-electron chi connectivity index (χ0n) is 15.0. The van der Waals surface area contributed by atoms with Crippen molar-refractivity contribution in [2.24, 2.45) is 7.05 Å². The van der Waals surface area contributed by atoms with Gasteiger partial charge in [0.1, 0.15) is 5.69 Å². The lowest BCUT2D eigenvalue weighted by atomic mass is 10.0. The van der Waals surface area contributed by atoms with E-state index in [1.54, 1.807) is 18.9 Å². The van der Waals surface area contributed by atoms with E-state index in [4.69, 9.17) is 4.74 Å². The fourth-order valence-electron chi connectivity index (χ4n) is 3.84. The third kappa shape index (κ3) is 2.55. The molecule has 2 aliphatic carbocycles. The average molecular weight is 381 g/mol. The monoisotopic (exact) mass is 381 g/mol. The van der Waals surface area contributed by atoms with Gasteiger partial charge in [0.15, 0.2) is 15.5 Å². The molecule has 142 valence electrons. The van der Waals surface area contributed by atoms with Gasteiger partial charge in [-0.15, -0.1) is 0 Å². The zero-order chi connectivity index (χ0) is 18.7. The molecule has 0 aromatic carbocycles. The first-order chi connectivity index (χ1) is 12.3. The lowest BCUT2D eigenvalue weighted by Crippen LogP contribution is -2.46. The Balaban J connectivity index is 1.58. The summed E-state index contributed by atoms with van der Waals surface area (Å²) < 4.78 is 31.1. The number of amides is 1. The molecule has 26 heavy (non-hydrogen) atoms. The van der Waals surface area contributed by atoms with E-state index in [9.17, 15) is 18.0 Å². The number of carbonyl (C=O) groups excluding carboxylic acids is 2. The van der Waals surface area contributed by atoms with Gasteiger partial charge < -0.3 is 9.64 Å². The normalized spacial score (nSPS) is 21.5. The Bertz CT molecular complexity index is 880. The predicted molar refractivity (Wildman–Crippen MR) is 92.7 cm³/mol. The van der Waals surface area contributed by atoms with Crippen molar-refractivity contribution in [3.63, 3.8) is 0 Å². The minimum atomic E-state index is -3.17. The van der Waals surface area contributed by atoms with Gasteiger partial charge in [-0.3, -0.25) is 9.48 Å². The fraction of sp³-hybridized carbons (Fsp3) is 0.706. The Kier molecular flexibility index (Phi) is 3.91. The van der Waals surface area contributed by atoms with Crippen LogP contribution in [0.1, 0.15) is 59.1 Å². The Morgan fingerprint density at radius 2 is 2.04 bits per heavy atom. The summed E-state index contributed by atoms with van der Waals surface area (Å²) in [5.41, 5.74) is 1.14. The molecule has 0 bridgehead atoms. The lowest BCUT2D eigenvalue weighted by Gasteiger charge is -2.31. The van der Waals surface area contributed by atoms with Crippen molar-refractivity contribution < 1.29 is 22.7 Å². The van der Waals surface area contributed by atoms with E-state index in [0.717, 1.165) is 12.8 Å². The Morgan fingerprint density at radius 1 is 1.35 bits per heavy atom. The number of esters is 1. The summed E-state index contributed by atoms with van der Waals surface area (Å²) in [5, 5.41) is 3.96. The van der Waals surface area contributed by atoms with E-state index in [0.29, 0.717) is 37.1 Å². The number of hydrogen-bond acceptors (Lipinski definition) is 6. The molecule has 1 aromatic heterocycles. The smallest absolute Gasteiger partial charge is 0.359 e. The molecule has 0 unspecified atom stereocenters. The van der Waals surface area contributed by atoms with Crippen molar-refractivity contribution in [2.45, 2.75) is 49.0 Å². The summed E-state index contributed by atoms with van der Waals surface area (Å²) in [6, 6.07) is 0. The Morgan fingerprint density at radius 3 is 2.62 bits per heavy atom. The molecule has 2 heterocycles. The molecule has 8 nitrogen and oxygen atoms in total. The molecule has 2 fully saturated rings. The van der Waals surface area contributed by atoms with Gasteiger partial charge in [0.25, 0.3) is 5.91 Å². The molecular weight excluding hydrogens is 358 g/mol. The number of hydrogen-bond donors (Lipinski definition) is 0. The van der Waals surface area contributed by atoms with Crippen LogP contribution in [-0.2, 0) is 28.0 Å². The highest BCUT2D eigenvalue weighted by Crippen LogP contribution is 2.50. The first-order valence-corrected chi connectivity index (χ1v) is 10.6. The van der Waals surface area contributed by atoms with Crippen LogP contribution in [0.15, 0.2) is 0 Å². The second kappa shape index (κ2) is 5.80. The Labute approximate surface area is 152 Å². The molecule has 3 aliphatic rings. The standard InChI is InChI=1S/C17H23N3O5S/c1-3-25-16(22)13-12-6-9-20(15(21)14(12)19(2)18-13)10-17(7-8-17)26(23,24)11-4-5-11/h11H,3-10H2,1-2H3. The molecule has 0 atom stereocenters. The van der Waals surface area contributed by atoms with Crippen molar-refractivity contribution in [1.29, 1.82) is 0 Å². The number of ether oxygens (including phenoxy) is 1. The molecule has 0 N–H and O–H groups in total. The van der Waals surface area contributed by atoms with Crippen LogP contribution in [0, 0.1) is 0 Å². The summed E-state index contributed by atoms with van der Waals surface area (Å²) in [6.45, 7) is 2.59. The van der Waals surface area contributed by atoms with Gasteiger partial charge in [-0.25, -0.2) is 13.2 Å². The fourth-order valence-corrected chi connectivity index (χ4v) is 6.31. The summed E-state index contributed by atoms with van der Waals surface area (Å²) >= 11 is 0. The topological polar surface area (TPSA) is 98.6 Å². The molecule has 2 saturated carbocycles. The molecule has 1 amide bonds. The summed E-state index contributed by atoms with van der Waals surface area (Å²) in [6.07, 6.45) is 3.21. The summed E-state index contributed by atoms with van der Waals surface area (Å²) in [4.78, 5) is 26.7. The third-order valence-corrected chi connectivity index (χ3v) is 8.68. The SMILES string of the molecule is CCOC(=O)c1nn(C)c2c1CCN(CC1(S(=O)(=O)C3CC3)CC1)C2=O. The number of carbonyl (C=O) groups is 2. The van der Waals surface area contributed by atoms with Crippen molar-refractivity contribution in [2.75, 3.05) is 19.7 Å². The van der Waals surface area contributed by atoms with E-state index in [2.05, 4.69) is 5.10 Å². The second-order valence-corrected chi connectivity index (χ2v) is 10.0. The highest BCUT2D eigenvalue weighted by atomic mass is 32.2. The summed E-state index contributed by atoms with van der Waals surface area (Å²) in [5.74, 6) is -0.783. The minimum Gasteiger partial charge on any atom is -0.461 e. The average Bonchev–Trinajstić information content (AvgIpc) is 3.49. The van der Waals surface area contributed by atoms with Crippen LogP contribution in [0.2, 0.25) is 0 Å². The zero-order valence-corrected chi connectivity index (χ0v) is 15.8. The van der Waals surface area contributed by atoms with E-state index < -0.39 is 20.6 Å². The third-order valence-electron chi connectivity index (χ3n) is 5.59. The first-order valence-electron chi connectivity index (χ1n) is 9.06. The quantitative estimate of drug-likeness (QED) is 0.673. The highest BCUT2D eigenvalue weighted by Gasteiger charge is 2.60. The number of nitrogens with zero attached hydrogens (tertiary/aromatic N) is 3. The number of fused-ring (bicyclic) bond motifs is 1. The van der Waals surface area contributed by atoms with Gasteiger partial charge in [0, 0.05) is 25.7 Å². The van der Waals surface area contributed by atoms with E-state index in [1.165, 1.54) is 4.68 Å². The van der Waals surface area contributed by atoms with Crippen LogP contribution in [0.4, 0.5) is 0 Å². The van der Waals surface area contributed by atoms with Crippen LogP contribution in [-0.4, -0.2) is 64.7 Å². The van der Waals surface area contributed by atoms with Crippen LogP contribution in [0.25, 0.3) is 0 Å². The maximum absolute atomic E-state index is 13.0. The van der Waals surface area contributed by atoms with Gasteiger partial charge in [-0.05, 0) is 39.0 Å². The highest BCUT2D eigenvalue weighted by molar-refractivity contribution is 7.94. The van der Waals surface area contributed by atoms with E-state index in [-0.39, 0.29) is 30.0 Å². The number of rotatable bonds is 6. The van der Waals surface area contributed by atoms with Crippen molar-refractivity contribution in [3.05, 3.63) is 17.0 Å². The molecule has 1 aliphatic heterocycles. The van der Waals surface area contributed by atoms with Crippen LogP contribution < -0.4 is 0 Å². The van der Waals surface area contributed by atoms with E-state index in [1.807, 2.05) is 0 Å². The maximum Gasteiger partial charge on any atom is 0.359 e. The molecule has 0 spiro atoms. The van der Waals surface area contributed by atoms with Crippen LogP contribution in [0.5, 0.6) is 0 Å². The lowest BCUT2D eigenvalue weighted by molar-refractivity contribution is 0.0517. The van der Waals surface area contributed by atoms with Gasteiger partial charge in [-0.1, -0.05) is 0 Å². The van der Waals surface area contributed by atoms with E-state index >= 15 is 0 Å². The first kappa shape index (κ1) is 17.5. The molecule has 0 saturated heterocycles. The molecule has 4 rings (SSSR count). The van der Waals surface area contributed by atoms with Crippen molar-refractivity contribution >= 4 is 21.7 Å². The number of aryl methyl sites for hydroxylation is 1. The second-order valence-electron chi connectivity index (χ2n) is 7.42. The largest absolute Gasteiger partial charge is 0.461 e.